The lowest BCUT2D eigenvalue weighted by molar-refractivity contribution is 0.697. The molecule has 3 aromatic carbocycles. The summed E-state index contributed by atoms with van der Waals surface area (Å²) in [5.41, 5.74) is 5.94. The molecule has 0 fully saturated rings. The van der Waals surface area contributed by atoms with Gasteiger partial charge in [0.15, 0.2) is 0 Å². The normalized spacial score (nSPS) is 11.1. The van der Waals surface area contributed by atoms with E-state index in [-0.39, 0.29) is 0 Å². The standard InChI is InChI=1S/C23H16Cl4N2/c1-14-2-4-15(5-3-14)13-29-23(17-7-9-19(25)21(27)11-17)12-22(28-29)16-6-8-18(24)20(26)10-16/h2-12H,13H2,1H3. The largest absolute Gasteiger partial charge is 0.260 e. The predicted octanol–water partition coefficient (Wildman–Crippen LogP) is 8.19. The summed E-state index contributed by atoms with van der Waals surface area (Å²) in [5, 5.41) is 6.86. The minimum absolute atomic E-state index is 0.494. The molecular weight excluding hydrogens is 446 g/mol. The van der Waals surface area contributed by atoms with E-state index in [1.165, 1.54) is 5.56 Å². The van der Waals surface area contributed by atoms with Crippen molar-refractivity contribution >= 4 is 46.4 Å². The van der Waals surface area contributed by atoms with E-state index < -0.39 is 0 Å². The van der Waals surface area contributed by atoms with Crippen molar-refractivity contribution in [2.75, 3.05) is 0 Å². The van der Waals surface area contributed by atoms with Gasteiger partial charge in [0.1, 0.15) is 0 Å². The van der Waals surface area contributed by atoms with E-state index in [2.05, 4.69) is 31.2 Å². The van der Waals surface area contributed by atoms with E-state index in [4.69, 9.17) is 51.5 Å². The highest BCUT2D eigenvalue weighted by Gasteiger charge is 2.14. The summed E-state index contributed by atoms with van der Waals surface area (Å²) >= 11 is 24.6. The second-order valence-electron chi connectivity index (χ2n) is 6.82. The van der Waals surface area contributed by atoms with Gasteiger partial charge in [0.05, 0.1) is 38.0 Å². The molecule has 0 N–H and O–H groups in total. The van der Waals surface area contributed by atoms with Crippen LogP contribution in [0, 0.1) is 6.92 Å². The average Bonchev–Trinajstić information content (AvgIpc) is 3.12. The third-order valence-electron chi connectivity index (χ3n) is 4.66. The van der Waals surface area contributed by atoms with Gasteiger partial charge in [-0.05, 0) is 42.8 Å². The highest BCUT2D eigenvalue weighted by Crippen LogP contribution is 2.33. The van der Waals surface area contributed by atoms with Gasteiger partial charge in [-0.15, -0.1) is 0 Å². The summed E-state index contributed by atoms with van der Waals surface area (Å²) in [6.45, 7) is 2.69. The van der Waals surface area contributed by atoms with Crippen molar-refractivity contribution in [1.82, 2.24) is 9.78 Å². The molecule has 4 rings (SSSR count). The van der Waals surface area contributed by atoms with E-state index in [0.29, 0.717) is 26.6 Å². The van der Waals surface area contributed by atoms with Crippen molar-refractivity contribution in [3.8, 4) is 22.5 Å². The summed E-state index contributed by atoms with van der Waals surface area (Å²) in [6.07, 6.45) is 0. The van der Waals surface area contributed by atoms with Crippen molar-refractivity contribution in [3.05, 3.63) is 97.9 Å². The van der Waals surface area contributed by atoms with E-state index in [1.807, 2.05) is 35.0 Å². The summed E-state index contributed by atoms with van der Waals surface area (Å²) in [4.78, 5) is 0. The van der Waals surface area contributed by atoms with Gasteiger partial charge in [0.25, 0.3) is 0 Å². The molecule has 1 aromatic heterocycles. The third kappa shape index (κ3) is 4.46. The second kappa shape index (κ2) is 8.41. The summed E-state index contributed by atoms with van der Waals surface area (Å²) < 4.78 is 1.96. The quantitative estimate of drug-likeness (QED) is 0.299. The van der Waals surface area contributed by atoms with E-state index in [1.54, 1.807) is 12.1 Å². The molecule has 0 saturated carbocycles. The minimum Gasteiger partial charge on any atom is -0.260 e. The Bertz CT molecular complexity index is 1180. The molecule has 6 heteroatoms. The number of hydrogen-bond donors (Lipinski definition) is 0. The van der Waals surface area contributed by atoms with Crippen LogP contribution in [0.2, 0.25) is 20.1 Å². The molecule has 0 saturated heterocycles. The van der Waals surface area contributed by atoms with Gasteiger partial charge in [0, 0.05) is 11.1 Å². The molecule has 4 aromatic rings. The van der Waals surface area contributed by atoms with Crippen molar-refractivity contribution < 1.29 is 0 Å². The van der Waals surface area contributed by atoms with Gasteiger partial charge in [-0.1, -0.05) is 88.4 Å². The second-order valence-corrected chi connectivity index (χ2v) is 8.44. The molecule has 0 amide bonds. The van der Waals surface area contributed by atoms with E-state index in [0.717, 1.165) is 28.1 Å². The maximum Gasteiger partial charge on any atom is 0.0930 e. The molecule has 0 unspecified atom stereocenters. The van der Waals surface area contributed by atoms with Gasteiger partial charge in [-0.3, -0.25) is 4.68 Å². The van der Waals surface area contributed by atoms with Crippen LogP contribution in [-0.2, 0) is 6.54 Å². The lowest BCUT2D eigenvalue weighted by Crippen LogP contribution is -2.04. The van der Waals surface area contributed by atoms with Crippen LogP contribution in [0.3, 0.4) is 0 Å². The minimum atomic E-state index is 0.494. The Kier molecular flexibility index (Phi) is 5.89. The molecule has 0 bridgehead atoms. The molecule has 29 heavy (non-hydrogen) atoms. The zero-order chi connectivity index (χ0) is 20.5. The van der Waals surface area contributed by atoms with Gasteiger partial charge >= 0.3 is 0 Å². The van der Waals surface area contributed by atoms with Crippen LogP contribution < -0.4 is 0 Å². The topological polar surface area (TPSA) is 17.8 Å². The van der Waals surface area contributed by atoms with Crippen molar-refractivity contribution in [1.29, 1.82) is 0 Å². The SMILES string of the molecule is Cc1ccc(Cn2nc(-c3ccc(Cl)c(Cl)c3)cc2-c2ccc(Cl)c(Cl)c2)cc1. The Balaban J connectivity index is 1.82. The van der Waals surface area contributed by atoms with E-state index >= 15 is 0 Å². The Morgan fingerprint density at radius 2 is 1.28 bits per heavy atom. The van der Waals surface area contributed by atoms with E-state index in [9.17, 15) is 0 Å². The molecule has 2 nitrogen and oxygen atoms in total. The molecule has 0 aliphatic rings. The van der Waals surface area contributed by atoms with Crippen LogP contribution in [0.15, 0.2) is 66.7 Å². The average molecular weight is 462 g/mol. The summed E-state index contributed by atoms with van der Waals surface area (Å²) in [6, 6.07) is 21.5. The van der Waals surface area contributed by atoms with Crippen LogP contribution in [0.1, 0.15) is 11.1 Å². The molecule has 0 atom stereocenters. The molecule has 0 aliphatic heterocycles. The zero-order valence-electron chi connectivity index (χ0n) is 15.5. The lowest BCUT2D eigenvalue weighted by atomic mass is 10.1. The first-order valence-corrected chi connectivity index (χ1v) is 10.5. The van der Waals surface area contributed by atoms with Crippen LogP contribution in [-0.4, -0.2) is 9.78 Å². The molecule has 1 heterocycles. The maximum atomic E-state index is 6.26. The number of rotatable bonds is 4. The molecule has 146 valence electrons. The fourth-order valence-corrected chi connectivity index (χ4v) is 3.68. The zero-order valence-corrected chi connectivity index (χ0v) is 18.5. The van der Waals surface area contributed by atoms with Gasteiger partial charge in [-0.2, -0.15) is 5.10 Å². The number of hydrogen-bond acceptors (Lipinski definition) is 1. The van der Waals surface area contributed by atoms with Crippen LogP contribution in [0.5, 0.6) is 0 Å². The van der Waals surface area contributed by atoms with Crippen molar-refractivity contribution in [3.63, 3.8) is 0 Å². The van der Waals surface area contributed by atoms with Crippen LogP contribution in [0.25, 0.3) is 22.5 Å². The maximum absolute atomic E-state index is 6.26. The summed E-state index contributed by atoms with van der Waals surface area (Å²) in [5.74, 6) is 0. The Hall–Kier alpha value is -1.97. The number of halogens is 4. The molecular formula is C23H16Cl4N2. The first-order chi connectivity index (χ1) is 13.9. The summed E-state index contributed by atoms with van der Waals surface area (Å²) in [7, 11) is 0. The van der Waals surface area contributed by atoms with Crippen molar-refractivity contribution in [2.24, 2.45) is 0 Å². The van der Waals surface area contributed by atoms with Crippen LogP contribution >= 0.6 is 46.4 Å². The van der Waals surface area contributed by atoms with Crippen LogP contribution in [0.4, 0.5) is 0 Å². The smallest absolute Gasteiger partial charge is 0.0930 e. The monoisotopic (exact) mass is 460 g/mol. The highest BCUT2D eigenvalue weighted by molar-refractivity contribution is 6.42. The first kappa shape index (κ1) is 20.3. The highest BCUT2D eigenvalue weighted by atomic mass is 35.5. The molecule has 0 radical (unpaired) electrons. The third-order valence-corrected chi connectivity index (χ3v) is 6.14. The Labute approximate surface area is 189 Å². The number of aromatic nitrogens is 2. The molecule has 0 spiro atoms. The predicted molar refractivity (Wildman–Crippen MR) is 123 cm³/mol. The van der Waals surface area contributed by atoms with Crippen molar-refractivity contribution in [2.45, 2.75) is 13.5 Å². The molecule has 0 aliphatic carbocycles. The van der Waals surface area contributed by atoms with Gasteiger partial charge in [0.2, 0.25) is 0 Å². The Morgan fingerprint density at radius 3 is 1.90 bits per heavy atom. The lowest BCUT2D eigenvalue weighted by Gasteiger charge is -2.09. The fourth-order valence-electron chi connectivity index (χ4n) is 3.09. The van der Waals surface area contributed by atoms with Gasteiger partial charge < -0.3 is 0 Å². The first-order valence-electron chi connectivity index (χ1n) is 8.95. The Morgan fingerprint density at radius 1 is 0.690 bits per heavy atom. The van der Waals surface area contributed by atoms with Gasteiger partial charge in [-0.25, -0.2) is 0 Å². The fraction of sp³-hybridized carbons (Fsp3) is 0.0870. The number of benzene rings is 3. The number of nitrogens with zero attached hydrogens (tertiary/aromatic N) is 2. The number of aryl methyl sites for hydroxylation is 1.